The highest BCUT2D eigenvalue weighted by Gasteiger charge is 2.62. The zero-order valence-corrected chi connectivity index (χ0v) is 10.5. The van der Waals surface area contributed by atoms with Crippen LogP contribution in [0.25, 0.3) is 0 Å². The molecule has 0 aliphatic heterocycles. The number of rotatable bonds is 2. The van der Waals surface area contributed by atoms with Crippen molar-refractivity contribution in [1.29, 1.82) is 0 Å². The molecule has 0 spiro atoms. The molecule has 17 heavy (non-hydrogen) atoms. The fourth-order valence-electron chi connectivity index (χ4n) is 5.45. The summed E-state index contributed by atoms with van der Waals surface area (Å²) in [4.78, 5) is 11.9. The van der Waals surface area contributed by atoms with Crippen LogP contribution < -0.4 is 0 Å². The van der Waals surface area contributed by atoms with Gasteiger partial charge in [0.05, 0.1) is 5.92 Å². The van der Waals surface area contributed by atoms with E-state index in [1.807, 2.05) is 0 Å². The first kappa shape index (κ1) is 10.4. The molecule has 3 heteroatoms. The zero-order chi connectivity index (χ0) is 11.6. The highest BCUT2D eigenvalue weighted by Crippen LogP contribution is 2.67. The molecule has 4 rings (SSSR count). The lowest BCUT2D eigenvalue weighted by atomic mass is 9.69. The van der Waals surface area contributed by atoms with Crippen LogP contribution in [-0.2, 0) is 9.53 Å². The highest BCUT2D eigenvalue weighted by molar-refractivity contribution is 6.17. The van der Waals surface area contributed by atoms with Crippen LogP contribution in [0.1, 0.15) is 19.3 Å². The van der Waals surface area contributed by atoms with E-state index in [0.717, 1.165) is 36.0 Å². The lowest BCUT2D eigenvalue weighted by Gasteiger charge is -2.35. The number of halogens is 1. The van der Waals surface area contributed by atoms with E-state index in [0.29, 0.717) is 5.92 Å². The predicted molar refractivity (Wildman–Crippen MR) is 64.2 cm³/mol. The number of alkyl halides is 1. The van der Waals surface area contributed by atoms with Gasteiger partial charge in [-0.3, -0.25) is 4.79 Å². The fraction of sp³-hybridized carbons (Fsp3) is 0.786. The van der Waals surface area contributed by atoms with Crippen LogP contribution in [0.3, 0.4) is 0 Å². The smallest absolute Gasteiger partial charge is 0.310 e. The van der Waals surface area contributed by atoms with Crippen molar-refractivity contribution in [2.24, 2.45) is 41.4 Å². The van der Waals surface area contributed by atoms with Crippen molar-refractivity contribution in [2.75, 3.05) is 6.07 Å². The van der Waals surface area contributed by atoms with Crippen LogP contribution in [0, 0.1) is 41.4 Å². The molecule has 3 fully saturated rings. The maximum atomic E-state index is 11.9. The minimum atomic E-state index is -0.0438. The average molecular weight is 253 g/mol. The van der Waals surface area contributed by atoms with Crippen molar-refractivity contribution in [3.05, 3.63) is 12.2 Å². The molecular formula is C14H17ClO2. The molecule has 0 heterocycles. The summed E-state index contributed by atoms with van der Waals surface area (Å²) in [6.07, 6.45) is 8.49. The fourth-order valence-corrected chi connectivity index (χ4v) is 5.56. The van der Waals surface area contributed by atoms with Gasteiger partial charge in [0, 0.05) is 0 Å². The summed E-state index contributed by atoms with van der Waals surface area (Å²) >= 11 is 5.50. The molecule has 0 saturated heterocycles. The van der Waals surface area contributed by atoms with E-state index in [9.17, 15) is 4.79 Å². The molecule has 4 aliphatic rings. The minimum absolute atomic E-state index is 0.00672. The van der Waals surface area contributed by atoms with E-state index < -0.39 is 0 Å². The summed E-state index contributed by atoms with van der Waals surface area (Å²) in [7, 11) is 0. The van der Waals surface area contributed by atoms with Gasteiger partial charge in [0.15, 0.2) is 6.07 Å². The van der Waals surface area contributed by atoms with Gasteiger partial charge in [0.2, 0.25) is 0 Å². The summed E-state index contributed by atoms with van der Waals surface area (Å²) in [6, 6.07) is 0.00672. The largest absolute Gasteiger partial charge is 0.449 e. The molecular weight excluding hydrogens is 236 g/mol. The summed E-state index contributed by atoms with van der Waals surface area (Å²) in [6.45, 7) is 0. The highest BCUT2D eigenvalue weighted by atomic mass is 35.5. The van der Waals surface area contributed by atoms with Gasteiger partial charge < -0.3 is 4.74 Å². The monoisotopic (exact) mass is 252 g/mol. The van der Waals surface area contributed by atoms with Crippen LogP contribution in [0.15, 0.2) is 12.2 Å². The molecule has 0 amide bonds. The Kier molecular flexibility index (Phi) is 2.15. The van der Waals surface area contributed by atoms with Crippen LogP contribution in [0.2, 0.25) is 0 Å². The Balaban J connectivity index is 1.59. The first-order chi connectivity index (χ1) is 8.29. The van der Waals surface area contributed by atoms with E-state index in [1.165, 1.54) is 12.8 Å². The van der Waals surface area contributed by atoms with Gasteiger partial charge in [-0.1, -0.05) is 23.8 Å². The number of carbonyl (C=O) groups is 1. The molecule has 4 aliphatic carbocycles. The lowest BCUT2D eigenvalue weighted by Crippen LogP contribution is -2.35. The Bertz CT molecular complexity index is 392. The number of carbonyl (C=O) groups excluding carboxylic acids is 1. The van der Waals surface area contributed by atoms with Gasteiger partial charge in [-0.05, 0) is 54.8 Å². The average Bonchev–Trinajstić information content (AvgIpc) is 3.07. The van der Waals surface area contributed by atoms with Crippen molar-refractivity contribution in [2.45, 2.75) is 19.3 Å². The number of esters is 1. The Morgan fingerprint density at radius 3 is 2.71 bits per heavy atom. The lowest BCUT2D eigenvalue weighted by molar-refractivity contribution is -0.149. The Labute approximate surface area is 106 Å². The van der Waals surface area contributed by atoms with Crippen LogP contribution in [0.5, 0.6) is 0 Å². The van der Waals surface area contributed by atoms with Crippen LogP contribution in [-0.4, -0.2) is 12.0 Å². The molecule has 0 aromatic carbocycles. The second-order valence-corrected chi connectivity index (χ2v) is 6.40. The normalized spacial score (nSPS) is 53.1. The second-order valence-electron chi connectivity index (χ2n) is 6.18. The van der Waals surface area contributed by atoms with Crippen molar-refractivity contribution in [3.8, 4) is 0 Å². The molecule has 0 radical (unpaired) electrons. The maximum Gasteiger partial charge on any atom is 0.310 e. The van der Waals surface area contributed by atoms with Crippen molar-refractivity contribution in [1.82, 2.24) is 0 Å². The Hall–Kier alpha value is -0.500. The number of ether oxygens (including phenoxy) is 1. The van der Waals surface area contributed by atoms with Gasteiger partial charge in [-0.15, -0.1) is 0 Å². The topological polar surface area (TPSA) is 26.3 Å². The quantitative estimate of drug-likeness (QED) is 0.327. The molecule has 7 atom stereocenters. The third kappa shape index (κ3) is 1.25. The maximum absolute atomic E-state index is 11.9. The summed E-state index contributed by atoms with van der Waals surface area (Å²) in [5.41, 5.74) is 0. The number of fused-ring (bicyclic) bond motifs is 9. The van der Waals surface area contributed by atoms with E-state index in [-0.39, 0.29) is 18.0 Å². The first-order valence-corrected chi connectivity index (χ1v) is 7.24. The van der Waals surface area contributed by atoms with Gasteiger partial charge in [0.25, 0.3) is 0 Å². The summed E-state index contributed by atoms with van der Waals surface area (Å²) in [5, 5.41) is 0. The summed E-state index contributed by atoms with van der Waals surface area (Å²) in [5.74, 6) is 4.70. The molecule has 0 aromatic heterocycles. The standard InChI is InChI=1S/C14H17ClO2/c15-6-17-14(16)11-5-9-4-10(11)13-8-2-1-7(3-8)12(9)13/h1-2,7-13H,3-6H2. The molecule has 7 unspecified atom stereocenters. The van der Waals surface area contributed by atoms with Crippen LogP contribution >= 0.6 is 11.6 Å². The second kappa shape index (κ2) is 3.50. The van der Waals surface area contributed by atoms with Gasteiger partial charge in [-0.2, -0.15) is 0 Å². The van der Waals surface area contributed by atoms with Crippen molar-refractivity contribution in [3.63, 3.8) is 0 Å². The third-order valence-corrected chi connectivity index (χ3v) is 5.88. The molecule has 4 bridgehead atoms. The zero-order valence-electron chi connectivity index (χ0n) is 9.72. The first-order valence-electron chi connectivity index (χ1n) is 6.70. The van der Waals surface area contributed by atoms with E-state index in [2.05, 4.69) is 12.2 Å². The third-order valence-electron chi connectivity index (χ3n) is 5.77. The van der Waals surface area contributed by atoms with E-state index in [1.54, 1.807) is 0 Å². The SMILES string of the molecule is O=C(OCCl)C1CC2CC1C1C3C=CC(C3)C21. The van der Waals surface area contributed by atoms with Crippen molar-refractivity contribution >= 4 is 17.6 Å². The molecule has 0 N–H and O–H groups in total. The Morgan fingerprint density at radius 2 is 1.94 bits per heavy atom. The molecule has 2 nitrogen and oxygen atoms in total. The number of hydrogen-bond donors (Lipinski definition) is 0. The molecule has 92 valence electrons. The van der Waals surface area contributed by atoms with Gasteiger partial charge in [0.1, 0.15) is 0 Å². The number of hydrogen-bond acceptors (Lipinski definition) is 2. The Morgan fingerprint density at radius 1 is 1.18 bits per heavy atom. The van der Waals surface area contributed by atoms with Crippen LogP contribution in [0.4, 0.5) is 0 Å². The van der Waals surface area contributed by atoms with Gasteiger partial charge in [-0.25, -0.2) is 0 Å². The summed E-state index contributed by atoms with van der Waals surface area (Å²) < 4.78 is 5.02. The van der Waals surface area contributed by atoms with Gasteiger partial charge >= 0.3 is 5.97 Å². The predicted octanol–water partition coefficient (Wildman–Crippen LogP) is 2.82. The molecule has 0 aromatic rings. The van der Waals surface area contributed by atoms with Crippen molar-refractivity contribution < 1.29 is 9.53 Å². The minimum Gasteiger partial charge on any atom is -0.449 e. The molecule has 3 saturated carbocycles. The number of allylic oxidation sites excluding steroid dienone is 2. The van der Waals surface area contributed by atoms with E-state index in [4.69, 9.17) is 16.3 Å². The van der Waals surface area contributed by atoms with E-state index >= 15 is 0 Å².